The van der Waals surface area contributed by atoms with E-state index in [2.05, 4.69) is 16.5 Å². The van der Waals surface area contributed by atoms with Crippen molar-refractivity contribution in [1.82, 2.24) is 15.1 Å². The van der Waals surface area contributed by atoms with Crippen LogP contribution in [0.3, 0.4) is 0 Å². The lowest BCUT2D eigenvalue weighted by atomic mass is 10.1. The second-order valence-corrected chi connectivity index (χ2v) is 4.42. The fourth-order valence-electron chi connectivity index (χ4n) is 2.35. The summed E-state index contributed by atoms with van der Waals surface area (Å²) < 4.78 is 7.01. The van der Waals surface area contributed by atoms with Crippen LogP contribution in [0.15, 0.2) is 0 Å². The van der Waals surface area contributed by atoms with Crippen LogP contribution in [-0.2, 0) is 16.6 Å². The van der Waals surface area contributed by atoms with Gasteiger partial charge in [0.05, 0.1) is 18.9 Å². The molecule has 7 nitrogen and oxygen atoms in total. The number of morpholine rings is 1. The van der Waals surface area contributed by atoms with Crippen molar-refractivity contribution >= 4 is 11.7 Å². The van der Waals surface area contributed by atoms with Crippen LogP contribution in [0.2, 0.25) is 0 Å². The van der Waals surface area contributed by atoms with E-state index in [0.29, 0.717) is 36.8 Å². The number of aryl methyl sites for hydroxylation is 2. The summed E-state index contributed by atoms with van der Waals surface area (Å²) in [6.45, 7) is 3.19. The third kappa shape index (κ3) is 2.27. The number of anilines is 1. The van der Waals surface area contributed by atoms with E-state index < -0.39 is 6.04 Å². The van der Waals surface area contributed by atoms with Gasteiger partial charge >= 0.3 is 0 Å². The zero-order valence-electron chi connectivity index (χ0n) is 11.3. The third-order valence-electron chi connectivity index (χ3n) is 3.25. The fraction of sp³-hybridized carbons (Fsp3) is 0.583. The van der Waals surface area contributed by atoms with Gasteiger partial charge in [-0.1, -0.05) is 0 Å². The van der Waals surface area contributed by atoms with Gasteiger partial charge in [-0.05, 0) is 6.92 Å². The summed E-state index contributed by atoms with van der Waals surface area (Å²) in [6.07, 6.45) is 0. The number of likely N-dealkylation sites (N-methyl/N-ethyl adjacent to an activating group) is 1. The van der Waals surface area contributed by atoms with Crippen molar-refractivity contribution in [3.05, 3.63) is 11.3 Å². The Morgan fingerprint density at radius 1 is 1.63 bits per heavy atom. The Morgan fingerprint density at radius 2 is 2.37 bits per heavy atom. The predicted octanol–water partition coefficient (Wildman–Crippen LogP) is -0.449. The van der Waals surface area contributed by atoms with E-state index in [4.69, 9.17) is 4.74 Å². The number of amides is 1. The first-order valence-corrected chi connectivity index (χ1v) is 6.09. The van der Waals surface area contributed by atoms with Crippen LogP contribution in [0, 0.1) is 18.3 Å². The quantitative estimate of drug-likeness (QED) is 0.781. The highest BCUT2D eigenvalue weighted by molar-refractivity contribution is 5.85. The van der Waals surface area contributed by atoms with Crippen LogP contribution in [-0.4, -0.2) is 48.5 Å². The van der Waals surface area contributed by atoms with Gasteiger partial charge in [-0.25, -0.2) is 0 Å². The van der Waals surface area contributed by atoms with E-state index >= 15 is 0 Å². The Bertz CT molecular complexity index is 531. The SMILES string of the molecule is CNC(=O)C1COCCN1c1c(C#N)c(C)nn1C. The number of carbonyl (C=O) groups is 1. The number of aromatic nitrogens is 2. The molecule has 1 N–H and O–H groups in total. The molecule has 1 aliphatic heterocycles. The predicted molar refractivity (Wildman–Crippen MR) is 68.7 cm³/mol. The van der Waals surface area contributed by atoms with Crippen molar-refractivity contribution < 1.29 is 9.53 Å². The van der Waals surface area contributed by atoms with Gasteiger partial charge < -0.3 is 15.0 Å². The first kappa shape index (κ1) is 13.4. The molecule has 1 aromatic rings. The molecule has 7 heteroatoms. The summed E-state index contributed by atoms with van der Waals surface area (Å²) in [5, 5.41) is 16.1. The van der Waals surface area contributed by atoms with Crippen molar-refractivity contribution in [1.29, 1.82) is 5.26 Å². The fourth-order valence-corrected chi connectivity index (χ4v) is 2.35. The minimum atomic E-state index is -0.430. The van der Waals surface area contributed by atoms with E-state index in [9.17, 15) is 10.1 Å². The van der Waals surface area contributed by atoms with Crippen LogP contribution in [0.5, 0.6) is 0 Å². The summed E-state index contributed by atoms with van der Waals surface area (Å²) in [7, 11) is 3.37. The second-order valence-electron chi connectivity index (χ2n) is 4.42. The number of rotatable bonds is 2. The second kappa shape index (κ2) is 5.28. The van der Waals surface area contributed by atoms with Crippen molar-refractivity contribution in [2.75, 3.05) is 31.7 Å². The molecule has 2 heterocycles. The Hall–Kier alpha value is -2.07. The van der Waals surface area contributed by atoms with Gasteiger partial charge in [0.15, 0.2) is 0 Å². The van der Waals surface area contributed by atoms with Crippen molar-refractivity contribution in [2.45, 2.75) is 13.0 Å². The number of carbonyl (C=O) groups excluding carboxylic acids is 1. The molecule has 0 aliphatic carbocycles. The first-order chi connectivity index (χ1) is 9.10. The molecule has 1 aliphatic rings. The number of nitrogens with zero attached hydrogens (tertiary/aromatic N) is 4. The smallest absolute Gasteiger partial charge is 0.244 e. The number of hydrogen-bond donors (Lipinski definition) is 1. The zero-order chi connectivity index (χ0) is 14.0. The van der Waals surface area contributed by atoms with Gasteiger partial charge in [-0.15, -0.1) is 0 Å². The Labute approximate surface area is 111 Å². The molecule has 19 heavy (non-hydrogen) atoms. The molecule has 102 valence electrons. The normalized spacial score (nSPS) is 19.1. The first-order valence-electron chi connectivity index (χ1n) is 6.09. The van der Waals surface area contributed by atoms with Crippen molar-refractivity contribution in [3.8, 4) is 6.07 Å². The molecule has 1 aromatic heterocycles. The summed E-state index contributed by atoms with van der Waals surface area (Å²) in [6, 6.07) is 1.73. The molecule has 1 fully saturated rings. The Kier molecular flexibility index (Phi) is 3.71. The molecular formula is C12H17N5O2. The summed E-state index contributed by atoms with van der Waals surface area (Å²) in [5.74, 6) is 0.555. The number of nitriles is 1. The monoisotopic (exact) mass is 263 g/mol. The average Bonchev–Trinajstić information content (AvgIpc) is 2.71. The lowest BCUT2D eigenvalue weighted by molar-refractivity contribution is -0.124. The van der Waals surface area contributed by atoms with Crippen LogP contribution < -0.4 is 10.2 Å². The maximum atomic E-state index is 11.9. The van der Waals surface area contributed by atoms with Crippen LogP contribution in [0.25, 0.3) is 0 Å². The largest absolute Gasteiger partial charge is 0.377 e. The van der Waals surface area contributed by atoms with Crippen molar-refractivity contribution in [2.24, 2.45) is 7.05 Å². The molecule has 1 atom stereocenters. The maximum Gasteiger partial charge on any atom is 0.244 e. The molecule has 2 rings (SSSR count). The summed E-state index contributed by atoms with van der Waals surface area (Å²) in [4.78, 5) is 13.8. The summed E-state index contributed by atoms with van der Waals surface area (Å²) >= 11 is 0. The standard InChI is InChI=1S/C12H17N5O2/c1-8-9(6-13)12(16(3)15-8)17-4-5-19-7-10(17)11(18)14-2/h10H,4-5,7H2,1-3H3,(H,14,18). The van der Waals surface area contributed by atoms with Gasteiger partial charge in [0.2, 0.25) is 5.91 Å². The molecule has 1 amide bonds. The molecular weight excluding hydrogens is 246 g/mol. The van der Waals surface area contributed by atoms with Crippen molar-refractivity contribution in [3.63, 3.8) is 0 Å². The number of ether oxygens (including phenoxy) is 1. The van der Waals surface area contributed by atoms with Crippen LogP contribution in [0.4, 0.5) is 5.82 Å². The Balaban J connectivity index is 2.43. The molecule has 0 saturated carbocycles. The van der Waals surface area contributed by atoms with E-state index in [0.717, 1.165) is 0 Å². The van der Waals surface area contributed by atoms with Gasteiger partial charge in [-0.2, -0.15) is 10.4 Å². The average molecular weight is 263 g/mol. The highest BCUT2D eigenvalue weighted by Gasteiger charge is 2.33. The highest BCUT2D eigenvalue weighted by atomic mass is 16.5. The van der Waals surface area contributed by atoms with Gasteiger partial charge in [-0.3, -0.25) is 9.48 Å². The topological polar surface area (TPSA) is 83.2 Å². The van der Waals surface area contributed by atoms with Crippen LogP contribution in [0.1, 0.15) is 11.3 Å². The zero-order valence-corrected chi connectivity index (χ0v) is 11.3. The van der Waals surface area contributed by atoms with Gasteiger partial charge in [0, 0.05) is 20.6 Å². The molecule has 0 aromatic carbocycles. The van der Waals surface area contributed by atoms with E-state index in [1.54, 1.807) is 25.7 Å². The minimum absolute atomic E-state index is 0.123. The van der Waals surface area contributed by atoms with Gasteiger partial charge in [0.25, 0.3) is 0 Å². The highest BCUT2D eigenvalue weighted by Crippen LogP contribution is 2.25. The number of nitrogens with one attached hydrogen (secondary N) is 1. The Morgan fingerprint density at radius 3 is 3.00 bits per heavy atom. The number of hydrogen-bond acceptors (Lipinski definition) is 5. The molecule has 1 unspecified atom stereocenters. The molecule has 0 radical (unpaired) electrons. The maximum absolute atomic E-state index is 11.9. The summed E-state index contributed by atoms with van der Waals surface area (Å²) in [5.41, 5.74) is 1.18. The van der Waals surface area contributed by atoms with Gasteiger partial charge in [0.1, 0.15) is 23.5 Å². The van der Waals surface area contributed by atoms with E-state index in [-0.39, 0.29) is 5.91 Å². The third-order valence-corrected chi connectivity index (χ3v) is 3.25. The van der Waals surface area contributed by atoms with Crippen LogP contribution >= 0.6 is 0 Å². The lowest BCUT2D eigenvalue weighted by Crippen LogP contribution is -2.54. The minimum Gasteiger partial charge on any atom is -0.377 e. The molecule has 0 spiro atoms. The molecule has 1 saturated heterocycles. The van der Waals surface area contributed by atoms with E-state index in [1.807, 2.05) is 4.90 Å². The lowest BCUT2D eigenvalue weighted by Gasteiger charge is -2.35. The van der Waals surface area contributed by atoms with E-state index in [1.165, 1.54) is 0 Å². The molecule has 0 bridgehead atoms.